The van der Waals surface area contributed by atoms with Gasteiger partial charge in [-0.3, -0.25) is 5.41 Å². The van der Waals surface area contributed by atoms with Crippen LogP contribution in [0.15, 0.2) is 10.8 Å². The Morgan fingerprint density at radius 3 is 2.78 bits per heavy atom. The number of rotatable bonds is 1. The number of nitrogen functional groups attached to an aromatic ring is 1. The van der Waals surface area contributed by atoms with Crippen molar-refractivity contribution < 1.29 is 4.42 Å². The number of oxazole rings is 1. The van der Waals surface area contributed by atoms with Crippen molar-refractivity contribution in [1.29, 1.82) is 5.41 Å². The Bertz CT molecular complexity index is 228. The third kappa shape index (κ3) is 0.910. The number of amidine groups is 1. The Balaban J connectivity index is 3.08. The highest BCUT2D eigenvalue weighted by atomic mass is 16.3. The van der Waals surface area contributed by atoms with Crippen molar-refractivity contribution in [2.45, 2.75) is 6.92 Å². The summed E-state index contributed by atoms with van der Waals surface area (Å²) in [5.74, 6) is 0.278. The first kappa shape index (κ1) is 5.81. The van der Waals surface area contributed by atoms with Crippen LogP contribution in [0.3, 0.4) is 0 Å². The molecule has 0 bridgehead atoms. The predicted octanol–water partition coefficient (Wildman–Crippen LogP) is 0.267. The van der Waals surface area contributed by atoms with Crippen molar-refractivity contribution in [2.75, 3.05) is 0 Å². The fraction of sp³-hybridized carbons (Fsp3) is 0.200. The summed E-state index contributed by atoms with van der Waals surface area (Å²) in [5.41, 5.74) is 5.76. The van der Waals surface area contributed by atoms with Crippen molar-refractivity contribution in [3.8, 4) is 0 Å². The number of nitrogens with zero attached hydrogens (tertiary/aromatic N) is 1. The smallest absolute Gasteiger partial charge is 0.191 e. The number of hydrogen-bond donors (Lipinski definition) is 2. The molecule has 0 saturated heterocycles. The normalized spacial score (nSPS) is 9.44. The van der Waals surface area contributed by atoms with E-state index in [1.54, 1.807) is 6.92 Å². The maximum absolute atomic E-state index is 6.94. The summed E-state index contributed by atoms with van der Waals surface area (Å²) >= 11 is 0. The molecule has 0 aliphatic heterocycles. The highest BCUT2D eigenvalue weighted by Gasteiger charge is 2.04. The molecule has 1 rings (SSSR count). The molecule has 1 aromatic heterocycles. The molecule has 0 atom stereocenters. The lowest BCUT2D eigenvalue weighted by molar-refractivity contribution is 0.546. The fourth-order valence-electron chi connectivity index (χ4n) is 0.560. The zero-order valence-corrected chi connectivity index (χ0v) is 5.01. The van der Waals surface area contributed by atoms with Crippen LogP contribution in [0.5, 0.6) is 0 Å². The van der Waals surface area contributed by atoms with Gasteiger partial charge in [-0.15, -0.1) is 0 Å². The quantitative estimate of drug-likeness (QED) is 0.417. The van der Waals surface area contributed by atoms with Gasteiger partial charge in [0.1, 0.15) is 0 Å². The van der Waals surface area contributed by atoms with Crippen LogP contribution in [0.25, 0.3) is 0 Å². The summed E-state index contributed by atoms with van der Waals surface area (Å²) < 4.78 is 4.77. The summed E-state index contributed by atoms with van der Waals surface area (Å²) in [7, 11) is 0. The lowest BCUT2D eigenvalue weighted by atomic mass is 10.3. The number of aryl methyl sites for hydroxylation is 1. The third-order valence-corrected chi connectivity index (χ3v) is 0.990. The van der Waals surface area contributed by atoms with Crippen molar-refractivity contribution in [3.05, 3.63) is 17.8 Å². The second-order valence-electron chi connectivity index (χ2n) is 1.68. The molecule has 4 nitrogen and oxygen atoms in total. The van der Waals surface area contributed by atoms with Gasteiger partial charge in [0.25, 0.3) is 0 Å². The number of nitrogens with one attached hydrogen (secondary N) is 1. The maximum atomic E-state index is 6.94. The summed E-state index contributed by atoms with van der Waals surface area (Å²) in [6.07, 6.45) is 1.27. The van der Waals surface area contributed by atoms with E-state index in [0.717, 1.165) is 0 Å². The molecule has 0 saturated carbocycles. The third-order valence-electron chi connectivity index (χ3n) is 0.990. The van der Waals surface area contributed by atoms with Crippen molar-refractivity contribution in [3.63, 3.8) is 0 Å². The zero-order valence-electron chi connectivity index (χ0n) is 5.01. The van der Waals surface area contributed by atoms with Crippen LogP contribution in [0.2, 0.25) is 0 Å². The van der Waals surface area contributed by atoms with Gasteiger partial charge >= 0.3 is 0 Å². The number of aromatic nitrogens is 1. The Morgan fingerprint density at radius 2 is 2.56 bits per heavy atom. The molecule has 3 N–H and O–H groups in total. The van der Waals surface area contributed by atoms with Gasteiger partial charge in [-0.2, -0.15) is 0 Å². The van der Waals surface area contributed by atoms with E-state index in [2.05, 4.69) is 4.98 Å². The van der Waals surface area contributed by atoms with E-state index in [1.165, 1.54) is 6.39 Å². The second kappa shape index (κ2) is 1.89. The first-order valence-electron chi connectivity index (χ1n) is 2.46. The van der Waals surface area contributed by atoms with Crippen LogP contribution in [-0.4, -0.2) is 10.8 Å². The molecule has 0 fully saturated rings. The predicted molar refractivity (Wildman–Crippen MR) is 32.3 cm³/mol. The van der Waals surface area contributed by atoms with Crippen LogP contribution in [0.4, 0.5) is 0 Å². The molecule has 0 radical (unpaired) electrons. The second-order valence-corrected chi connectivity index (χ2v) is 1.68. The van der Waals surface area contributed by atoms with Crippen molar-refractivity contribution in [2.24, 2.45) is 5.73 Å². The Labute approximate surface area is 52.2 Å². The molecular weight excluding hydrogens is 118 g/mol. The van der Waals surface area contributed by atoms with Gasteiger partial charge in [-0.05, 0) is 6.92 Å². The highest BCUT2D eigenvalue weighted by Crippen LogP contribution is 2.01. The molecule has 0 spiro atoms. The van der Waals surface area contributed by atoms with E-state index in [0.29, 0.717) is 11.5 Å². The first-order chi connectivity index (χ1) is 4.22. The van der Waals surface area contributed by atoms with E-state index in [-0.39, 0.29) is 5.84 Å². The largest absolute Gasteiger partial charge is 0.440 e. The van der Waals surface area contributed by atoms with E-state index < -0.39 is 0 Å². The summed E-state index contributed by atoms with van der Waals surface area (Å²) in [6, 6.07) is 0. The maximum Gasteiger partial charge on any atom is 0.191 e. The van der Waals surface area contributed by atoms with E-state index in [1.807, 2.05) is 0 Å². The molecule has 0 aromatic carbocycles. The van der Waals surface area contributed by atoms with Crippen molar-refractivity contribution >= 4 is 5.84 Å². The summed E-state index contributed by atoms with van der Waals surface area (Å²) in [5, 5.41) is 6.94. The minimum Gasteiger partial charge on any atom is -0.440 e. The lowest BCUT2D eigenvalue weighted by Gasteiger charge is -1.88. The van der Waals surface area contributed by atoms with Gasteiger partial charge in [0.05, 0.1) is 5.69 Å². The lowest BCUT2D eigenvalue weighted by Crippen LogP contribution is -2.11. The minimum atomic E-state index is -0.0787. The van der Waals surface area contributed by atoms with Crippen LogP contribution < -0.4 is 5.73 Å². The molecule has 1 heterocycles. The van der Waals surface area contributed by atoms with Gasteiger partial charge in [-0.25, -0.2) is 4.98 Å². The molecule has 9 heavy (non-hydrogen) atoms. The Kier molecular flexibility index (Phi) is 1.22. The summed E-state index contributed by atoms with van der Waals surface area (Å²) in [6.45, 7) is 1.74. The fourth-order valence-corrected chi connectivity index (χ4v) is 0.560. The van der Waals surface area contributed by atoms with Gasteiger partial charge in [-0.1, -0.05) is 0 Å². The van der Waals surface area contributed by atoms with Crippen LogP contribution in [0, 0.1) is 12.3 Å². The SMILES string of the molecule is Cc1ncoc1C(=N)N. The monoisotopic (exact) mass is 125 g/mol. The Hall–Kier alpha value is -1.32. The zero-order chi connectivity index (χ0) is 6.85. The molecule has 48 valence electrons. The van der Waals surface area contributed by atoms with E-state index >= 15 is 0 Å². The van der Waals surface area contributed by atoms with Crippen molar-refractivity contribution in [1.82, 2.24) is 4.98 Å². The average Bonchev–Trinajstić information content (AvgIpc) is 2.13. The van der Waals surface area contributed by atoms with Gasteiger partial charge in [0.2, 0.25) is 0 Å². The van der Waals surface area contributed by atoms with Crippen LogP contribution >= 0.6 is 0 Å². The molecule has 0 aliphatic carbocycles. The molecular formula is C5H7N3O. The number of nitrogens with two attached hydrogens (primary N) is 1. The Morgan fingerprint density at radius 1 is 1.89 bits per heavy atom. The molecule has 0 aliphatic rings. The first-order valence-corrected chi connectivity index (χ1v) is 2.46. The average molecular weight is 125 g/mol. The van der Waals surface area contributed by atoms with E-state index in [4.69, 9.17) is 15.6 Å². The van der Waals surface area contributed by atoms with Gasteiger partial charge < -0.3 is 10.2 Å². The van der Waals surface area contributed by atoms with Crippen LogP contribution in [-0.2, 0) is 0 Å². The highest BCUT2D eigenvalue weighted by molar-refractivity contribution is 5.92. The number of hydrogen-bond acceptors (Lipinski definition) is 3. The molecule has 0 amide bonds. The molecule has 4 heteroatoms. The summed E-state index contributed by atoms with van der Waals surface area (Å²) in [4.78, 5) is 3.75. The molecule has 0 unspecified atom stereocenters. The minimum absolute atomic E-state index is 0.0787. The standard InChI is InChI=1S/C5H7N3O/c1-3-4(5(6)7)9-2-8-3/h2H,1H3,(H3,6,7). The van der Waals surface area contributed by atoms with Gasteiger partial charge in [0, 0.05) is 0 Å². The topological polar surface area (TPSA) is 75.9 Å². The molecule has 1 aromatic rings. The van der Waals surface area contributed by atoms with Gasteiger partial charge in [0.15, 0.2) is 18.0 Å². The van der Waals surface area contributed by atoms with Crippen LogP contribution in [0.1, 0.15) is 11.5 Å². The van der Waals surface area contributed by atoms with E-state index in [9.17, 15) is 0 Å².